The van der Waals surface area contributed by atoms with Crippen LogP contribution in [0.3, 0.4) is 0 Å². The molecule has 3 aromatic rings. The van der Waals surface area contributed by atoms with Gasteiger partial charge in [0.25, 0.3) is 6.29 Å². The number of carboxylic acid groups (broad SMARTS) is 1. The molecule has 4 unspecified atom stereocenters. The summed E-state index contributed by atoms with van der Waals surface area (Å²) >= 11 is 0. The Morgan fingerprint density at radius 2 is 1.72 bits per heavy atom. The van der Waals surface area contributed by atoms with Crippen LogP contribution in [0.4, 0.5) is 0 Å². The molecule has 2 heterocycles. The fourth-order valence-electron chi connectivity index (χ4n) is 6.99. The van der Waals surface area contributed by atoms with E-state index in [0.29, 0.717) is 16.9 Å². The van der Waals surface area contributed by atoms with Crippen molar-refractivity contribution < 1.29 is 63.5 Å². The maximum atomic E-state index is 12.9. The normalized spacial score (nSPS) is 32.2. The van der Waals surface area contributed by atoms with Gasteiger partial charge in [-0.2, -0.15) is 0 Å². The van der Waals surface area contributed by atoms with Gasteiger partial charge in [0.15, 0.2) is 11.2 Å². The lowest BCUT2D eigenvalue weighted by atomic mass is 9.70. The van der Waals surface area contributed by atoms with Crippen LogP contribution in [0.5, 0.6) is 23.0 Å². The van der Waals surface area contributed by atoms with Gasteiger partial charge in [0.1, 0.15) is 41.3 Å². The van der Waals surface area contributed by atoms with E-state index in [1.54, 1.807) is 54.6 Å². The number of hydrogen-bond donors (Lipinski definition) is 5. The van der Waals surface area contributed by atoms with Crippen LogP contribution in [-0.4, -0.2) is 96.9 Å². The summed E-state index contributed by atoms with van der Waals surface area (Å²) in [5.74, 6) is -3.15. The Morgan fingerprint density at radius 3 is 2.33 bits per heavy atom. The highest BCUT2D eigenvalue weighted by Crippen LogP contribution is 2.70. The van der Waals surface area contributed by atoms with Crippen molar-refractivity contribution in [3.8, 4) is 23.0 Å². The lowest BCUT2D eigenvalue weighted by Gasteiger charge is -2.40. The maximum Gasteiger partial charge on any atom is 0.310 e. The summed E-state index contributed by atoms with van der Waals surface area (Å²) in [4.78, 5) is 12.9. The van der Waals surface area contributed by atoms with Crippen molar-refractivity contribution in [3.05, 3.63) is 83.4 Å². The molecule has 2 fully saturated rings. The molecule has 0 radical (unpaired) electrons. The zero-order valence-corrected chi connectivity index (χ0v) is 25.3. The van der Waals surface area contributed by atoms with Crippen molar-refractivity contribution in [2.45, 2.75) is 48.0 Å². The van der Waals surface area contributed by atoms with Crippen molar-refractivity contribution >= 4 is 5.97 Å². The number of aliphatic hydroxyl groups is 4. The SMILES string of the molecule is COc1ccc(C23Oc4cc(O[C@@H]5O[C@@H]([C@H](O)CO)CO[C@H]5OC)cc(OC)c4C2(O)[C@@H](O)C(C(=O)O)C3c2ccccc2)cc1. The standard InChI is InChI=1S/C33H36O13/c1-40-19-11-9-18(10-12-19)33-26(17-7-5-4-6-8-17)25(29(37)38)28(36)32(33,39)27-22(41-2)13-20(14-23(27)46-33)44-31-30(42-3)43-16-24(45-31)21(35)15-34/h4-14,21,24-26,28,30-31,34-36,39H,15-16H2,1-3H3,(H,37,38)/t21-,24-,25?,26?,28+,30-,31-,32?,33?/m1/s1. The molecule has 13 heteroatoms. The van der Waals surface area contributed by atoms with Crippen molar-refractivity contribution in [3.63, 3.8) is 0 Å². The molecule has 46 heavy (non-hydrogen) atoms. The van der Waals surface area contributed by atoms with Gasteiger partial charge in [-0.15, -0.1) is 0 Å². The minimum absolute atomic E-state index is 0.0352. The van der Waals surface area contributed by atoms with E-state index in [4.69, 9.17) is 33.2 Å². The molecule has 0 amide bonds. The minimum atomic E-state index is -2.33. The number of methoxy groups -OCH3 is 3. The number of aliphatic carboxylic acids is 1. The van der Waals surface area contributed by atoms with E-state index in [0.717, 1.165) is 0 Å². The molecule has 13 nitrogen and oxygen atoms in total. The highest BCUT2D eigenvalue weighted by molar-refractivity contribution is 5.77. The van der Waals surface area contributed by atoms with Gasteiger partial charge in [-0.1, -0.05) is 42.5 Å². The van der Waals surface area contributed by atoms with Crippen LogP contribution < -0.4 is 18.9 Å². The van der Waals surface area contributed by atoms with Crippen molar-refractivity contribution in [2.75, 3.05) is 34.5 Å². The van der Waals surface area contributed by atoms with Crippen LogP contribution >= 0.6 is 0 Å². The Morgan fingerprint density at radius 1 is 1.00 bits per heavy atom. The molecule has 3 aromatic carbocycles. The summed E-state index contributed by atoms with van der Waals surface area (Å²) < 4.78 is 40.7. The topological polar surface area (TPSA) is 183 Å². The van der Waals surface area contributed by atoms with E-state index < -0.39 is 66.5 Å². The number of carbonyl (C=O) groups is 1. The molecule has 9 atom stereocenters. The van der Waals surface area contributed by atoms with E-state index in [9.17, 15) is 30.3 Å². The highest BCUT2D eigenvalue weighted by atomic mass is 16.8. The molecule has 2 aliphatic heterocycles. The number of benzene rings is 3. The monoisotopic (exact) mass is 640 g/mol. The van der Waals surface area contributed by atoms with Gasteiger partial charge in [-0.05, 0) is 23.3 Å². The number of hydrogen-bond acceptors (Lipinski definition) is 12. The highest BCUT2D eigenvalue weighted by Gasteiger charge is 2.78. The molecule has 246 valence electrons. The predicted molar refractivity (Wildman–Crippen MR) is 158 cm³/mol. The van der Waals surface area contributed by atoms with Crippen molar-refractivity contribution in [2.24, 2.45) is 5.92 Å². The van der Waals surface area contributed by atoms with E-state index >= 15 is 0 Å². The Balaban J connectivity index is 1.52. The van der Waals surface area contributed by atoms with Crippen LogP contribution in [0.25, 0.3) is 0 Å². The summed E-state index contributed by atoms with van der Waals surface area (Å²) in [6.45, 7) is -0.620. The molecule has 0 aromatic heterocycles. The lowest BCUT2D eigenvalue weighted by molar-refractivity contribution is -0.324. The molecular formula is C33H36O13. The number of aliphatic hydroxyl groups excluding tert-OH is 3. The van der Waals surface area contributed by atoms with Crippen molar-refractivity contribution in [1.29, 1.82) is 0 Å². The number of fused-ring (bicyclic) bond motifs is 3. The molecule has 1 aliphatic carbocycles. The summed E-state index contributed by atoms with van der Waals surface area (Å²) in [5.41, 5.74) is -3.26. The molecule has 6 rings (SSSR count). The van der Waals surface area contributed by atoms with Crippen LogP contribution in [0.15, 0.2) is 66.7 Å². The third kappa shape index (κ3) is 4.78. The lowest BCUT2D eigenvalue weighted by Crippen LogP contribution is -2.52. The number of rotatable bonds is 10. The predicted octanol–water partition coefficient (Wildman–Crippen LogP) is 1.48. The summed E-state index contributed by atoms with van der Waals surface area (Å²) in [5, 5.41) is 54.8. The fraction of sp³-hybridized carbons (Fsp3) is 0.424. The fourth-order valence-corrected chi connectivity index (χ4v) is 6.99. The largest absolute Gasteiger partial charge is 0.497 e. The summed E-state index contributed by atoms with van der Waals surface area (Å²) in [6, 6.07) is 18.3. The molecule has 0 bridgehead atoms. The van der Waals surface area contributed by atoms with Gasteiger partial charge in [-0.25, -0.2) is 0 Å². The number of ether oxygens (including phenoxy) is 7. The Kier molecular flexibility index (Phi) is 8.59. The molecule has 5 N–H and O–H groups in total. The van der Waals surface area contributed by atoms with Crippen LogP contribution in [0, 0.1) is 5.92 Å². The molecule has 1 saturated heterocycles. The van der Waals surface area contributed by atoms with E-state index in [1.165, 1.54) is 33.5 Å². The van der Waals surface area contributed by atoms with Gasteiger partial charge in [0.2, 0.25) is 6.29 Å². The molecule has 3 aliphatic rings. The smallest absolute Gasteiger partial charge is 0.310 e. The quantitative estimate of drug-likeness (QED) is 0.215. The first-order chi connectivity index (χ1) is 22.1. The van der Waals surface area contributed by atoms with E-state index in [1.807, 2.05) is 0 Å². The minimum Gasteiger partial charge on any atom is -0.497 e. The van der Waals surface area contributed by atoms with Crippen molar-refractivity contribution in [1.82, 2.24) is 0 Å². The van der Waals surface area contributed by atoms with E-state index in [-0.39, 0.29) is 29.4 Å². The van der Waals surface area contributed by atoms with Crippen LogP contribution in [-0.2, 0) is 30.2 Å². The van der Waals surface area contributed by atoms with Gasteiger partial charge < -0.3 is 58.7 Å². The summed E-state index contributed by atoms with van der Waals surface area (Å²) in [6.07, 6.45) is -6.21. The second-order valence-corrected chi connectivity index (χ2v) is 11.4. The average molecular weight is 641 g/mol. The van der Waals surface area contributed by atoms with Gasteiger partial charge in [0, 0.05) is 25.2 Å². The zero-order chi connectivity index (χ0) is 32.8. The first-order valence-electron chi connectivity index (χ1n) is 14.6. The molecule has 1 saturated carbocycles. The summed E-state index contributed by atoms with van der Waals surface area (Å²) in [7, 11) is 4.25. The first-order valence-corrected chi connectivity index (χ1v) is 14.6. The third-order valence-corrected chi connectivity index (χ3v) is 9.06. The zero-order valence-electron chi connectivity index (χ0n) is 25.3. The second kappa shape index (κ2) is 12.3. The van der Waals surface area contributed by atoms with Gasteiger partial charge in [0.05, 0.1) is 38.9 Å². The maximum absolute atomic E-state index is 12.9. The van der Waals surface area contributed by atoms with Crippen LogP contribution in [0.2, 0.25) is 0 Å². The molecular weight excluding hydrogens is 604 g/mol. The average Bonchev–Trinajstić information content (AvgIpc) is 3.46. The van der Waals surface area contributed by atoms with Gasteiger partial charge >= 0.3 is 5.97 Å². The van der Waals surface area contributed by atoms with E-state index in [2.05, 4.69) is 0 Å². The number of carboxylic acids is 1. The molecule has 0 spiro atoms. The van der Waals surface area contributed by atoms with Crippen LogP contribution in [0.1, 0.15) is 22.6 Å². The Labute approximate surface area is 264 Å². The first kappa shape index (κ1) is 32.0. The Hall–Kier alpha value is -3.95. The second-order valence-electron chi connectivity index (χ2n) is 11.4. The third-order valence-electron chi connectivity index (χ3n) is 9.06. The van der Waals surface area contributed by atoms with Gasteiger partial charge in [-0.3, -0.25) is 4.79 Å². The Bertz CT molecular complexity index is 1550.